The standard InChI is InChI=1S/C22H27ClN2O5S/c1-14-17(23)9-10-20-22(14)15-5-7-16(8-6-15)29-12-19-18(24-31(2,27)28)4-3-11-25(19)21(26)13-30-20/h9-10,12,15-16H,3-8,11,13H2,1-2H3/b19-12-,24-18+. The maximum atomic E-state index is 13.1. The molecule has 4 aliphatic rings. The second-order valence-electron chi connectivity index (χ2n) is 8.41. The van der Waals surface area contributed by atoms with Gasteiger partial charge in [-0.1, -0.05) is 11.6 Å². The number of ether oxygens (including phenoxy) is 2. The van der Waals surface area contributed by atoms with Crippen LogP contribution in [0.15, 0.2) is 28.5 Å². The monoisotopic (exact) mass is 466 g/mol. The van der Waals surface area contributed by atoms with Crippen molar-refractivity contribution >= 4 is 33.2 Å². The number of sulfonamides is 1. The van der Waals surface area contributed by atoms with Gasteiger partial charge in [-0.05, 0) is 69.1 Å². The van der Waals surface area contributed by atoms with Gasteiger partial charge in [0.05, 0.1) is 18.1 Å². The molecule has 3 heterocycles. The maximum absolute atomic E-state index is 13.1. The third-order valence-electron chi connectivity index (χ3n) is 6.17. The van der Waals surface area contributed by atoms with Crippen LogP contribution in [0.4, 0.5) is 0 Å². The van der Waals surface area contributed by atoms with Crippen molar-refractivity contribution in [3.05, 3.63) is 40.2 Å². The van der Waals surface area contributed by atoms with Crippen molar-refractivity contribution in [1.29, 1.82) is 0 Å². The van der Waals surface area contributed by atoms with Crippen molar-refractivity contribution in [3.8, 4) is 5.75 Å². The number of rotatable bonds is 1. The number of amides is 1. The molecule has 3 aliphatic heterocycles. The first-order chi connectivity index (χ1) is 14.7. The highest BCUT2D eigenvalue weighted by molar-refractivity contribution is 7.89. The number of benzene rings is 1. The molecule has 0 atom stereocenters. The van der Waals surface area contributed by atoms with E-state index in [-0.39, 0.29) is 18.6 Å². The van der Waals surface area contributed by atoms with Gasteiger partial charge in [-0.2, -0.15) is 4.40 Å². The molecule has 0 N–H and O–H groups in total. The van der Waals surface area contributed by atoms with Gasteiger partial charge in [0.2, 0.25) is 0 Å². The van der Waals surface area contributed by atoms with Crippen LogP contribution in [0.1, 0.15) is 55.6 Å². The molecule has 1 saturated carbocycles. The maximum Gasteiger partial charge on any atom is 0.265 e. The summed E-state index contributed by atoms with van der Waals surface area (Å²) >= 11 is 6.39. The van der Waals surface area contributed by atoms with E-state index in [1.165, 1.54) is 11.2 Å². The lowest BCUT2D eigenvalue weighted by atomic mass is 9.80. The van der Waals surface area contributed by atoms with Crippen LogP contribution >= 0.6 is 11.6 Å². The minimum absolute atomic E-state index is 0.00623. The molecule has 9 heteroatoms. The fourth-order valence-corrected chi connectivity index (χ4v) is 5.42. The van der Waals surface area contributed by atoms with Crippen LogP contribution in [0.5, 0.6) is 5.75 Å². The van der Waals surface area contributed by atoms with E-state index >= 15 is 0 Å². The molecule has 0 spiro atoms. The van der Waals surface area contributed by atoms with Gasteiger partial charge in [0.1, 0.15) is 17.7 Å². The minimum atomic E-state index is -3.60. The molecule has 7 nitrogen and oxygen atoms in total. The molecule has 2 bridgehead atoms. The first-order valence-electron chi connectivity index (χ1n) is 10.6. The van der Waals surface area contributed by atoms with Crippen molar-refractivity contribution in [2.75, 3.05) is 19.4 Å². The third kappa shape index (κ3) is 4.90. The lowest BCUT2D eigenvalue weighted by molar-refractivity contribution is -0.131. The van der Waals surface area contributed by atoms with E-state index in [2.05, 4.69) is 4.40 Å². The molecular formula is C22H27ClN2O5S. The zero-order valence-electron chi connectivity index (χ0n) is 17.8. The fraction of sp³-hybridized carbons (Fsp3) is 0.545. The van der Waals surface area contributed by atoms with E-state index < -0.39 is 10.0 Å². The number of piperidine rings is 1. The number of hydrogen-bond acceptors (Lipinski definition) is 5. The number of allylic oxidation sites excluding steroid dienone is 1. The summed E-state index contributed by atoms with van der Waals surface area (Å²) in [5.74, 6) is 0.717. The number of halogens is 1. The van der Waals surface area contributed by atoms with E-state index in [0.717, 1.165) is 43.1 Å². The Morgan fingerprint density at radius 2 is 1.94 bits per heavy atom. The Balaban J connectivity index is 1.73. The van der Waals surface area contributed by atoms with Gasteiger partial charge < -0.3 is 14.4 Å². The second-order valence-corrected chi connectivity index (χ2v) is 10.5. The zero-order chi connectivity index (χ0) is 22.2. The van der Waals surface area contributed by atoms with Crippen LogP contribution in [-0.2, 0) is 19.6 Å². The van der Waals surface area contributed by atoms with Gasteiger partial charge in [0, 0.05) is 17.1 Å². The minimum Gasteiger partial charge on any atom is -0.496 e. The number of hydrogen-bond donors (Lipinski definition) is 0. The molecule has 1 aromatic rings. The Morgan fingerprint density at radius 3 is 2.65 bits per heavy atom. The predicted molar refractivity (Wildman–Crippen MR) is 119 cm³/mol. The topological polar surface area (TPSA) is 85.3 Å². The molecule has 1 amide bonds. The quantitative estimate of drug-likeness (QED) is 0.625. The van der Waals surface area contributed by atoms with Gasteiger partial charge in [-0.15, -0.1) is 0 Å². The molecule has 1 saturated heterocycles. The molecular weight excluding hydrogens is 440 g/mol. The van der Waals surface area contributed by atoms with Crippen molar-refractivity contribution in [3.63, 3.8) is 0 Å². The lowest BCUT2D eigenvalue weighted by Crippen LogP contribution is -2.41. The van der Waals surface area contributed by atoms with E-state index in [1.807, 2.05) is 13.0 Å². The average molecular weight is 467 g/mol. The smallest absolute Gasteiger partial charge is 0.265 e. The van der Waals surface area contributed by atoms with E-state index in [4.69, 9.17) is 21.1 Å². The Bertz CT molecular complexity index is 1040. The molecule has 0 radical (unpaired) electrons. The molecule has 31 heavy (non-hydrogen) atoms. The van der Waals surface area contributed by atoms with Gasteiger partial charge in [0.25, 0.3) is 15.9 Å². The van der Waals surface area contributed by atoms with Gasteiger partial charge >= 0.3 is 0 Å². The van der Waals surface area contributed by atoms with Crippen LogP contribution in [0.25, 0.3) is 0 Å². The summed E-state index contributed by atoms with van der Waals surface area (Å²) in [7, 11) is -3.60. The zero-order valence-corrected chi connectivity index (χ0v) is 19.3. The molecule has 1 aliphatic carbocycles. The summed E-state index contributed by atoms with van der Waals surface area (Å²) in [5, 5.41) is 0.693. The van der Waals surface area contributed by atoms with Crippen LogP contribution < -0.4 is 4.74 Å². The second kappa shape index (κ2) is 8.82. The summed E-state index contributed by atoms with van der Waals surface area (Å²) in [4.78, 5) is 14.6. The summed E-state index contributed by atoms with van der Waals surface area (Å²) in [6.07, 6.45) is 7.23. The Hall–Kier alpha value is -2.06. The van der Waals surface area contributed by atoms with Gasteiger partial charge in [-0.25, -0.2) is 8.42 Å². The molecule has 0 unspecified atom stereocenters. The molecule has 1 aromatic carbocycles. The van der Waals surface area contributed by atoms with Crippen molar-refractivity contribution in [2.24, 2.45) is 4.40 Å². The van der Waals surface area contributed by atoms with Crippen molar-refractivity contribution in [2.45, 2.75) is 57.5 Å². The first kappa shape index (κ1) is 22.1. The van der Waals surface area contributed by atoms with Crippen LogP contribution in [0.2, 0.25) is 5.02 Å². The summed E-state index contributed by atoms with van der Waals surface area (Å²) < 4.78 is 39.6. The Morgan fingerprint density at radius 1 is 1.19 bits per heavy atom. The molecule has 5 rings (SSSR count). The first-order valence-corrected chi connectivity index (χ1v) is 12.8. The Kier molecular flexibility index (Phi) is 6.30. The number of carbonyl (C=O) groups is 1. The number of carbonyl (C=O) groups excluding carboxylic acids is 1. The normalized spacial score (nSPS) is 27.6. The summed E-state index contributed by atoms with van der Waals surface area (Å²) in [6.45, 7) is 2.29. The predicted octanol–water partition coefficient (Wildman–Crippen LogP) is 3.95. The highest BCUT2D eigenvalue weighted by atomic mass is 35.5. The third-order valence-corrected chi connectivity index (χ3v) is 7.13. The van der Waals surface area contributed by atoms with Gasteiger partial charge in [0.15, 0.2) is 6.61 Å². The molecule has 2 fully saturated rings. The largest absolute Gasteiger partial charge is 0.496 e. The number of fused-ring (bicyclic) bond motifs is 5. The van der Waals surface area contributed by atoms with Crippen molar-refractivity contribution < 1.29 is 22.7 Å². The van der Waals surface area contributed by atoms with Gasteiger partial charge in [-0.3, -0.25) is 4.79 Å². The summed E-state index contributed by atoms with van der Waals surface area (Å²) in [5.41, 5.74) is 2.84. The average Bonchev–Trinajstić information content (AvgIpc) is 2.73. The van der Waals surface area contributed by atoms with Crippen molar-refractivity contribution in [1.82, 2.24) is 4.90 Å². The SMILES string of the molecule is Cc1c(Cl)ccc2c1C1CCC(CC1)O/C=C1/C(=N/S(C)(=O)=O)CCCN1C(=O)CO2. The molecule has 168 valence electrons. The van der Waals surface area contributed by atoms with Crippen LogP contribution in [0, 0.1) is 6.92 Å². The van der Waals surface area contributed by atoms with Crippen LogP contribution in [-0.4, -0.2) is 50.4 Å². The van der Waals surface area contributed by atoms with E-state index in [9.17, 15) is 13.2 Å². The highest BCUT2D eigenvalue weighted by Crippen LogP contribution is 2.42. The highest BCUT2D eigenvalue weighted by Gasteiger charge is 2.32. The lowest BCUT2D eigenvalue weighted by Gasteiger charge is -2.31. The molecule has 0 aromatic heterocycles. The Labute approximate surface area is 188 Å². The van der Waals surface area contributed by atoms with E-state index in [0.29, 0.717) is 47.5 Å². The summed E-state index contributed by atoms with van der Waals surface area (Å²) in [6, 6.07) is 3.64. The fourth-order valence-electron chi connectivity index (χ4n) is 4.67. The van der Waals surface area contributed by atoms with Crippen LogP contribution in [0.3, 0.4) is 0 Å². The van der Waals surface area contributed by atoms with E-state index in [1.54, 1.807) is 6.07 Å². The number of nitrogens with zero attached hydrogens (tertiary/aromatic N) is 2.